The summed E-state index contributed by atoms with van der Waals surface area (Å²) in [6.07, 6.45) is 0. The number of carbonyl (C=O) groups excluding carboxylic acids is 1. The van der Waals surface area contributed by atoms with E-state index in [2.05, 4.69) is 10.4 Å². The topological polar surface area (TPSA) is 76.1 Å². The summed E-state index contributed by atoms with van der Waals surface area (Å²) in [6.45, 7) is 8.94. The second-order valence-electron chi connectivity index (χ2n) is 5.42. The Morgan fingerprint density at radius 2 is 2.05 bits per heavy atom. The van der Waals surface area contributed by atoms with Gasteiger partial charge in [-0.2, -0.15) is 0 Å². The second kappa shape index (κ2) is 7.28. The number of methoxy groups -OCH3 is 1. The molecule has 1 rings (SSSR count). The summed E-state index contributed by atoms with van der Waals surface area (Å²) in [6, 6.07) is 0. The molecule has 20 heavy (non-hydrogen) atoms. The van der Waals surface area contributed by atoms with E-state index in [9.17, 15) is 9.59 Å². The monoisotopic (exact) mass is 283 g/mol. The van der Waals surface area contributed by atoms with Gasteiger partial charge in [-0.05, 0) is 12.8 Å². The maximum atomic E-state index is 12.1. The molecule has 0 radical (unpaired) electrons. The number of aromatic amines is 1. The van der Waals surface area contributed by atoms with Crippen molar-refractivity contribution in [1.82, 2.24) is 15.1 Å². The standard InChI is InChI=1S/C14H25N3O3/c1-9(2)10(3)13(18)15-8-12-11(4)16-17(14(12)19)6-7-20-5/h9-10,16H,6-8H2,1-5H3,(H,15,18). The Bertz CT molecular complexity index is 502. The number of rotatable bonds is 7. The number of aromatic nitrogens is 2. The normalized spacial score (nSPS) is 12.7. The molecule has 1 unspecified atom stereocenters. The molecule has 1 heterocycles. The summed E-state index contributed by atoms with van der Waals surface area (Å²) >= 11 is 0. The summed E-state index contributed by atoms with van der Waals surface area (Å²) < 4.78 is 6.46. The third-order valence-corrected chi connectivity index (χ3v) is 3.63. The first-order valence-electron chi connectivity index (χ1n) is 6.93. The number of hydrogen-bond acceptors (Lipinski definition) is 3. The average Bonchev–Trinajstić information content (AvgIpc) is 2.67. The van der Waals surface area contributed by atoms with Crippen LogP contribution >= 0.6 is 0 Å². The molecular weight excluding hydrogens is 258 g/mol. The molecule has 6 heteroatoms. The van der Waals surface area contributed by atoms with E-state index >= 15 is 0 Å². The Kier molecular flexibility index (Phi) is 6.01. The zero-order chi connectivity index (χ0) is 15.3. The smallest absolute Gasteiger partial charge is 0.271 e. The van der Waals surface area contributed by atoms with Crippen LogP contribution in [0.5, 0.6) is 0 Å². The van der Waals surface area contributed by atoms with E-state index in [0.29, 0.717) is 18.7 Å². The fraction of sp³-hybridized carbons (Fsp3) is 0.714. The first kappa shape index (κ1) is 16.5. The van der Waals surface area contributed by atoms with Crippen molar-refractivity contribution in [3.8, 4) is 0 Å². The zero-order valence-corrected chi connectivity index (χ0v) is 12.9. The van der Waals surface area contributed by atoms with Crippen LogP contribution in [0.2, 0.25) is 0 Å². The third-order valence-electron chi connectivity index (χ3n) is 3.63. The second-order valence-corrected chi connectivity index (χ2v) is 5.42. The predicted octanol–water partition coefficient (Wildman–Crippen LogP) is 1.04. The van der Waals surface area contributed by atoms with E-state index in [0.717, 1.165) is 5.69 Å². The average molecular weight is 283 g/mol. The highest BCUT2D eigenvalue weighted by molar-refractivity contribution is 5.78. The first-order chi connectivity index (χ1) is 9.38. The van der Waals surface area contributed by atoms with Gasteiger partial charge in [0, 0.05) is 18.7 Å². The third kappa shape index (κ3) is 3.96. The molecule has 0 bridgehead atoms. The Hall–Kier alpha value is -1.56. The largest absolute Gasteiger partial charge is 0.383 e. The Balaban J connectivity index is 2.71. The van der Waals surface area contributed by atoms with E-state index < -0.39 is 0 Å². The fourth-order valence-corrected chi connectivity index (χ4v) is 1.83. The zero-order valence-electron chi connectivity index (χ0n) is 12.9. The summed E-state index contributed by atoms with van der Waals surface area (Å²) in [5, 5.41) is 5.82. The molecule has 0 spiro atoms. The molecule has 1 aromatic heterocycles. The first-order valence-corrected chi connectivity index (χ1v) is 6.93. The predicted molar refractivity (Wildman–Crippen MR) is 77.5 cm³/mol. The van der Waals surface area contributed by atoms with Crippen LogP contribution in [0.15, 0.2) is 4.79 Å². The minimum Gasteiger partial charge on any atom is -0.383 e. The number of nitrogens with one attached hydrogen (secondary N) is 2. The molecule has 1 atom stereocenters. The van der Waals surface area contributed by atoms with Crippen molar-refractivity contribution in [2.75, 3.05) is 13.7 Å². The van der Waals surface area contributed by atoms with Gasteiger partial charge in [0.05, 0.1) is 25.3 Å². The van der Waals surface area contributed by atoms with Crippen LogP contribution in [0.1, 0.15) is 32.0 Å². The van der Waals surface area contributed by atoms with Gasteiger partial charge >= 0.3 is 0 Å². The maximum absolute atomic E-state index is 12.1. The van der Waals surface area contributed by atoms with Crippen molar-refractivity contribution < 1.29 is 9.53 Å². The van der Waals surface area contributed by atoms with Gasteiger partial charge in [-0.1, -0.05) is 20.8 Å². The number of amides is 1. The number of carbonyl (C=O) groups is 1. The molecule has 0 aliphatic heterocycles. The van der Waals surface area contributed by atoms with Gasteiger partial charge in [0.2, 0.25) is 5.91 Å². The fourth-order valence-electron chi connectivity index (χ4n) is 1.83. The molecule has 6 nitrogen and oxygen atoms in total. The molecule has 0 aliphatic rings. The Morgan fingerprint density at radius 3 is 2.60 bits per heavy atom. The van der Waals surface area contributed by atoms with Crippen LogP contribution in [0, 0.1) is 18.8 Å². The number of nitrogens with zero attached hydrogens (tertiary/aromatic N) is 1. The van der Waals surface area contributed by atoms with Crippen molar-refractivity contribution in [2.45, 2.75) is 40.8 Å². The lowest BCUT2D eigenvalue weighted by molar-refractivity contribution is -0.125. The lowest BCUT2D eigenvalue weighted by Gasteiger charge is -2.14. The molecule has 0 saturated carbocycles. The molecule has 0 fully saturated rings. The van der Waals surface area contributed by atoms with Gasteiger partial charge in [-0.3, -0.25) is 19.4 Å². The summed E-state index contributed by atoms with van der Waals surface area (Å²) in [5.41, 5.74) is 1.28. The number of aryl methyl sites for hydroxylation is 1. The van der Waals surface area contributed by atoms with Gasteiger partial charge in [-0.25, -0.2) is 0 Å². The van der Waals surface area contributed by atoms with Crippen molar-refractivity contribution in [3.05, 3.63) is 21.6 Å². The summed E-state index contributed by atoms with van der Waals surface area (Å²) in [7, 11) is 1.59. The molecule has 2 N–H and O–H groups in total. The van der Waals surface area contributed by atoms with E-state index in [4.69, 9.17) is 4.74 Å². The van der Waals surface area contributed by atoms with Crippen LogP contribution in [-0.4, -0.2) is 29.4 Å². The number of hydrogen-bond donors (Lipinski definition) is 2. The minimum absolute atomic E-state index is 0.0246. The van der Waals surface area contributed by atoms with Crippen molar-refractivity contribution >= 4 is 5.91 Å². The van der Waals surface area contributed by atoms with E-state index in [-0.39, 0.29) is 29.8 Å². The lowest BCUT2D eigenvalue weighted by Crippen LogP contribution is -2.33. The summed E-state index contributed by atoms with van der Waals surface area (Å²) in [4.78, 5) is 24.0. The highest BCUT2D eigenvalue weighted by Crippen LogP contribution is 2.09. The van der Waals surface area contributed by atoms with E-state index in [1.807, 2.05) is 27.7 Å². The molecule has 114 valence electrons. The van der Waals surface area contributed by atoms with Gasteiger partial charge in [-0.15, -0.1) is 0 Å². The van der Waals surface area contributed by atoms with Gasteiger partial charge in [0.15, 0.2) is 0 Å². The van der Waals surface area contributed by atoms with E-state index in [1.54, 1.807) is 7.11 Å². The summed E-state index contributed by atoms with van der Waals surface area (Å²) in [5.74, 6) is 0.189. The lowest BCUT2D eigenvalue weighted by atomic mass is 9.97. The minimum atomic E-state index is -0.1000. The molecule has 1 aromatic rings. The maximum Gasteiger partial charge on any atom is 0.271 e. The highest BCUT2D eigenvalue weighted by atomic mass is 16.5. The van der Waals surface area contributed by atoms with Crippen molar-refractivity contribution in [2.24, 2.45) is 11.8 Å². The van der Waals surface area contributed by atoms with Crippen molar-refractivity contribution in [1.29, 1.82) is 0 Å². The molecule has 1 amide bonds. The van der Waals surface area contributed by atoms with Crippen LogP contribution in [0.3, 0.4) is 0 Å². The van der Waals surface area contributed by atoms with Gasteiger partial charge < -0.3 is 10.1 Å². The molecular formula is C14H25N3O3. The van der Waals surface area contributed by atoms with Crippen LogP contribution in [0.4, 0.5) is 0 Å². The molecule has 0 aliphatic carbocycles. The molecule has 0 aromatic carbocycles. The quantitative estimate of drug-likeness (QED) is 0.785. The number of H-pyrrole nitrogens is 1. The van der Waals surface area contributed by atoms with E-state index in [1.165, 1.54) is 4.68 Å². The van der Waals surface area contributed by atoms with Gasteiger partial charge in [0.1, 0.15) is 0 Å². The highest BCUT2D eigenvalue weighted by Gasteiger charge is 2.18. The van der Waals surface area contributed by atoms with Crippen LogP contribution in [-0.2, 0) is 22.6 Å². The Morgan fingerprint density at radius 1 is 1.40 bits per heavy atom. The number of ether oxygens (including phenoxy) is 1. The van der Waals surface area contributed by atoms with Crippen LogP contribution in [0.25, 0.3) is 0 Å². The van der Waals surface area contributed by atoms with Crippen molar-refractivity contribution in [3.63, 3.8) is 0 Å². The molecule has 0 saturated heterocycles. The Labute approximate surface area is 119 Å². The van der Waals surface area contributed by atoms with Crippen LogP contribution < -0.4 is 10.9 Å². The van der Waals surface area contributed by atoms with Gasteiger partial charge in [0.25, 0.3) is 5.56 Å². The SMILES string of the molecule is COCCn1[nH]c(C)c(CNC(=O)C(C)C(C)C)c1=O.